The van der Waals surface area contributed by atoms with E-state index in [9.17, 15) is 9.90 Å². The lowest BCUT2D eigenvalue weighted by Gasteiger charge is -2.39. The Hall–Kier alpha value is -2.15. The van der Waals surface area contributed by atoms with Gasteiger partial charge in [0.05, 0.1) is 11.4 Å². The Morgan fingerprint density at radius 1 is 1.36 bits per heavy atom. The average molecular weight is 346 g/mol. The third kappa shape index (κ3) is 3.20. The summed E-state index contributed by atoms with van der Waals surface area (Å²) >= 11 is 0. The second-order valence-electron chi connectivity index (χ2n) is 7.26. The first-order valence-corrected chi connectivity index (χ1v) is 8.77. The summed E-state index contributed by atoms with van der Waals surface area (Å²) < 4.78 is 6.89. The van der Waals surface area contributed by atoms with E-state index < -0.39 is 11.5 Å². The van der Waals surface area contributed by atoms with E-state index in [0.717, 1.165) is 29.3 Å². The van der Waals surface area contributed by atoms with Crippen LogP contribution in [-0.4, -0.2) is 44.0 Å². The Kier molecular flexibility index (Phi) is 4.69. The Morgan fingerprint density at radius 3 is 2.52 bits per heavy atom. The van der Waals surface area contributed by atoms with Crippen molar-refractivity contribution in [3.8, 4) is 0 Å². The van der Waals surface area contributed by atoms with Crippen LogP contribution in [0.5, 0.6) is 0 Å². The van der Waals surface area contributed by atoms with Crippen molar-refractivity contribution in [2.75, 3.05) is 13.1 Å². The molecule has 0 saturated carbocycles. The van der Waals surface area contributed by atoms with E-state index in [2.05, 4.69) is 29.0 Å². The quantitative estimate of drug-likeness (QED) is 0.896. The molecular weight excluding hydrogens is 320 g/mol. The molecule has 1 N–H and O–H groups in total. The normalized spacial score (nSPS) is 18.0. The van der Waals surface area contributed by atoms with Gasteiger partial charge in [0.1, 0.15) is 5.76 Å². The van der Waals surface area contributed by atoms with Crippen molar-refractivity contribution < 1.29 is 14.4 Å². The van der Waals surface area contributed by atoms with Crippen LogP contribution in [0.2, 0.25) is 0 Å². The highest BCUT2D eigenvalue weighted by molar-refractivity contribution is 5.76. The molecule has 0 unspecified atom stereocenters. The Bertz CT molecular complexity index is 735. The molecule has 0 radical (unpaired) electrons. The number of aromatic nitrogens is 3. The van der Waals surface area contributed by atoms with Gasteiger partial charge >= 0.3 is 5.97 Å². The number of carboxylic acids is 1. The van der Waals surface area contributed by atoms with Gasteiger partial charge < -0.3 is 9.63 Å². The zero-order valence-electron chi connectivity index (χ0n) is 15.3. The number of rotatable bonds is 5. The summed E-state index contributed by atoms with van der Waals surface area (Å²) in [7, 11) is 0. The summed E-state index contributed by atoms with van der Waals surface area (Å²) in [6, 6.07) is 1.92. The largest absolute Gasteiger partial charge is 0.479 e. The molecule has 3 heterocycles. The van der Waals surface area contributed by atoms with Gasteiger partial charge in [-0.2, -0.15) is 5.10 Å². The predicted molar refractivity (Wildman–Crippen MR) is 92.4 cm³/mol. The highest BCUT2D eigenvalue weighted by Gasteiger charge is 2.44. The summed E-state index contributed by atoms with van der Waals surface area (Å²) in [6.07, 6.45) is 2.88. The fraction of sp³-hybridized carbons (Fsp3) is 0.611. The highest BCUT2D eigenvalue weighted by atomic mass is 16.5. The molecule has 2 aromatic heterocycles. The predicted octanol–water partition coefficient (Wildman–Crippen LogP) is 2.69. The molecule has 136 valence electrons. The molecule has 3 rings (SSSR count). The number of aryl methyl sites for hydroxylation is 2. The molecule has 7 heteroatoms. The van der Waals surface area contributed by atoms with Crippen LogP contribution in [0.4, 0.5) is 0 Å². The molecule has 1 aliphatic rings. The van der Waals surface area contributed by atoms with Crippen molar-refractivity contribution in [1.29, 1.82) is 0 Å². The topological polar surface area (TPSA) is 84.4 Å². The minimum absolute atomic E-state index is 0.284. The van der Waals surface area contributed by atoms with Crippen LogP contribution in [-0.2, 0) is 16.9 Å². The first-order valence-electron chi connectivity index (χ1n) is 8.77. The van der Waals surface area contributed by atoms with Gasteiger partial charge in [-0.25, -0.2) is 4.79 Å². The number of carboxylic acid groups (broad SMARTS) is 1. The maximum atomic E-state index is 12.1. The van der Waals surface area contributed by atoms with E-state index in [0.29, 0.717) is 25.9 Å². The Balaban J connectivity index is 1.75. The second-order valence-corrected chi connectivity index (χ2v) is 7.26. The molecule has 0 amide bonds. The van der Waals surface area contributed by atoms with Crippen molar-refractivity contribution in [1.82, 2.24) is 19.8 Å². The zero-order valence-corrected chi connectivity index (χ0v) is 15.3. The van der Waals surface area contributed by atoms with E-state index in [1.54, 1.807) is 4.68 Å². The lowest BCUT2D eigenvalue weighted by atomic mass is 9.87. The van der Waals surface area contributed by atoms with Crippen LogP contribution in [0, 0.1) is 13.8 Å². The number of hydrogen-bond acceptors (Lipinski definition) is 5. The fourth-order valence-electron chi connectivity index (χ4n) is 3.46. The standard InChI is InChI=1S/C18H26N4O3/c1-12(2)16-5-8-22(19-16)18(17(23)24)6-9-21(10-7-18)11-15-13(3)20-25-14(15)4/h5,8,12H,6-7,9-11H2,1-4H3,(H,23,24). The molecule has 0 atom stereocenters. The van der Waals surface area contributed by atoms with Gasteiger partial charge in [-0.3, -0.25) is 9.58 Å². The molecule has 0 aromatic carbocycles. The highest BCUT2D eigenvalue weighted by Crippen LogP contribution is 2.32. The number of nitrogens with zero attached hydrogens (tertiary/aromatic N) is 4. The van der Waals surface area contributed by atoms with E-state index >= 15 is 0 Å². The smallest absolute Gasteiger partial charge is 0.331 e. The van der Waals surface area contributed by atoms with Gasteiger partial charge in [0.15, 0.2) is 5.54 Å². The van der Waals surface area contributed by atoms with Crippen LogP contribution in [0.1, 0.15) is 55.3 Å². The Labute approximate surface area is 147 Å². The molecule has 1 aliphatic heterocycles. The lowest BCUT2D eigenvalue weighted by molar-refractivity contribution is -0.151. The minimum Gasteiger partial charge on any atom is -0.479 e. The van der Waals surface area contributed by atoms with E-state index in [4.69, 9.17) is 4.52 Å². The Morgan fingerprint density at radius 2 is 2.04 bits per heavy atom. The third-order valence-electron chi connectivity index (χ3n) is 5.28. The number of piperidine rings is 1. The molecule has 1 saturated heterocycles. The molecule has 1 fully saturated rings. The number of likely N-dealkylation sites (tertiary alicyclic amines) is 1. The molecule has 2 aromatic rings. The first kappa shape index (κ1) is 17.7. The van der Waals surface area contributed by atoms with E-state index in [1.165, 1.54) is 0 Å². The van der Waals surface area contributed by atoms with Crippen molar-refractivity contribution in [3.05, 3.63) is 35.0 Å². The summed E-state index contributed by atoms with van der Waals surface area (Å²) in [5.74, 6) is 0.316. The van der Waals surface area contributed by atoms with Crippen LogP contribution < -0.4 is 0 Å². The van der Waals surface area contributed by atoms with Crippen molar-refractivity contribution in [2.24, 2.45) is 0 Å². The van der Waals surface area contributed by atoms with Crippen LogP contribution in [0.25, 0.3) is 0 Å². The maximum Gasteiger partial charge on any atom is 0.331 e. The SMILES string of the molecule is Cc1noc(C)c1CN1CCC(C(=O)O)(n2ccc(C(C)C)n2)CC1. The van der Waals surface area contributed by atoms with Crippen molar-refractivity contribution >= 4 is 5.97 Å². The summed E-state index contributed by atoms with van der Waals surface area (Å²) in [5.41, 5.74) is 1.98. The van der Waals surface area contributed by atoms with Gasteiger partial charge in [-0.15, -0.1) is 0 Å². The first-order chi connectivity index (χ1) is 11.8. The van der Waals surface area contributed by atoms with Crippen LogP contribution in [0.3, 0.4) is 0 Å². The van der Waals surface area contributed by atoms with Gasteiger partial charge in [0, 0.05) is 31.4 Å². The number of aliphatic carboxylic acids is 1. The van der Waals surface area contributed by atoms with Crippen LogP contribution >= 0.6 is 0 Å². The fourth-order valence-corrected chi connectivity index (χ4v) is 3.46. The van der Waals surface area contributed by atoms with Gasteiger partial charge in [0.25, 0.3) is 0 Å². The summed E-state index contributed by atoms with van der Waals surface area (Å²) in [6.45, 7) is 10.1. The van der Waals surface area contributed by atoms with Gasteiger partial charge in [-0.1, -0.05) is 19.0 Å². The molecule has 0 bridgehead atoms. The molecule has 0 aliphatic carbocycles. The average Bonchev–Trinajstić information content (AvgIpc) is 3.18. The molecule has 25 heavy (non-hydrogen) atoms. The minimum atomic E-state index is -0.956. The number of hydrogen-bond donors (Lipinski definition) is 1. The van der Waals surface area contributed by atoms with Crippen LogP contribution in [0.15, 0.2) is 16.8 Å². The maximum absolute atomic E-state index is 12.1. The second kappa shape index (κ2) is 6.63. The van der Waals surface area contributed by atoms with Gasteiger partial charge in [-0.05, 0) is 38.7 Å². The third-order valence-corrected chi connectivity index (χ3v) is 5.28. The lowest BCUT2D eigenvalue weighted by Crippen LogP contribution is -2.51. The van der Waals surface area contributed by atoms with E-state index in [1.807, 2.05) is 26.1 Å². The summed E-state index contributed by atoms with van der Waals surface area (Å²) in [5, 5.41) is 18.5. The van der Waals surface area contributed by atoms with E-state index in [-0.39, 0.29) is 5.92 Å². The number of carbonyl (C=O) groups is 1. The van der Waals surface area contributed by atoms with Gasteiger partial charge in [0.2, 0.25) is 0 Å². The van der Waals surface area contributed by atoms with Crippen molar-refractivity contribution in [2.45, 2.75) is 58.5 Å². The molecular formula is C18H26N4O3. The zero-order chi connectivity index (χ0) is 18.2. The molecule has 7 nitrogen and oxygen atoms in total. The van der Waals surface area contributed by atoms with Crippen molar-refractivity contribution in [3.63, 3.8) is 0 Å². The molecule has 0 spiro atoms. The summed E-state index contributed by atoms with van der Waals surface area (Å²) in [4.78, 5) is 14.3. The monoisotopic (exact) mass is 346 g/mol.